The van der Waals surface area contributed by atoms with Gasteiger partial charge in [-0.1, -0.05) is 54.6 Å². The van der Waals surface area contributed by atoms with Crippen LogP contribution in [0.5, 0.6) is 0 Å². The lowest BCUT2D eigenvalue weighted by atomic mass is 10.0. The Morgan fingerprint density at radius 2 is 1.13 bits per heavy atom. The van der Waals surface area contributed by atoms with Crippen LogP contribution >= 0.6 is 0 Å². The lowest BCUT2D eigenvalue weighted by Crippen LogP contribution is -1.95. The number of imidazole rings is 1. The van der Waals surface area contributed by atoms with Crippen molar-refractivity contribution in [2.24, 2.45) is 0 Å². The molecule has 0 aliphatic carbocycles. The molecule has 0 atom stereocenters. The molecule has 6 nitrogen and oxygen atoms in total. The van der Waals surface area contributed by atoms with Crippen molar-refractivity contribution in [3.63, 3.8) is 0 Å². The number of nitrogens with zero attached hydrogens (tertiary/aromatic N) is 6. The summed E-state index contributed by atoms with van der Waals surface area (Å²) in [7, 11) is 0. The molecule has 11 aromatic rings. The second-order valence-electron chi connectivity index (χ2n) is 12.1. The van der Waals surface area contributed by atoms with Crippen molar-refractivity contribution >= 4 is 82.1 Å². The summed E-state index contributed by atoms with van der Waals surface area (Å²) in [4.78, 5) is 14.4. The topological polar surface area (TPSA) is 52.9 Å². The Morgan fingerprint density at radius 3 is 1.91 bits per heavy atom. The molecular weight excluding hydrogens is 576 g/mol. The van der Waals surface area contributed by atoms with E-state index in [1.807, 2.05) is 30.7 Å². The van der Waals surface area contributed by atoms with E-state index in [2.05, 4.69) is 134 Å². The summed E-state index contributed by atoms with van der Waals surface area (Å²) in [5.74, 6) is 0. The zero-order valence-corrected chi connectivity index (χ0v) is 25.0. The molecule has 0 aliphatic rings. The van der Waals surface area contributed by atoms with Gasteiger partial charge in [0, 0.05) is 56.1 Å². The third-order valence-electron chi connectivity index (χ3n) is 9.72. The molecule has 0 saturated heterocycles. The summed E-state index contributed by atoms with van der Waals surface area (Å²) >= 11 is 0. The van der Waals surface area contributed by atoms with Crippen molar-refractivity contribution in [3.05, 3.63) is 146 Å². The third-order valence-corrected chi connectivity index (χ3v) is 9.72. The number of benzene rings is 5. The smallest absolute Gasteiger partial charge is 0.165 e. The molecule has 0 fully saturated rings. The van der Waals surface area contributed by atoms with E-state index >= 15 is 0 Å². The first-order valence-electron chi connectivity index (χ1n) is 15.8. The highest BCUT2D eigenvalue weighted by Crippen LogP contribution is 2.44. The van der Waals surface area contributed by atoms with Gasteiger partial charge < -0.3 is 9.13 Å². The zero-order chi connectivity index (χ0) is 30.6. The molecule has 0 spiro atoms. The van der Waals surface area contributed by atoms with Crippen molar-refractivity contribution in [1.82, 2.24) is 28.5 Å². The van der Waals surface area contributed by atoms with Gasteiger partial charge in [0.2, 0.25) is 0 Å². The quantitative estimate of drug-likeness (QED) is 0.186. The molecule has 11 rings (SSSR count). The van der Waals surface area contributed by atoms with Gasteiger partial charge in [0.1, 0.15) is 11.2 Å². The minimum Gasteiger partial charge on any atom is -0.309 e. The van der Waals surface area contributed by atoms with Crippen LogP contribution in [0.15, 0.2) is 146 Å². The van der Waals surface area contributed by atoms with Gasteiger partial charge in [-0.3, -0.25) is 9.38 Å². The van der Waals surface area contributed by atoms with E-state index in [1.165, 1.54) is 38.1 Å². The van der Waals surface area contributed by atoms with Gasteiger partial charge in [0.05, 0.1) is 33.8 Å². The molecule has 0 saturated carbocycles. The van der Waals surface area contributed by atoms with Gasteiger partial charge in [-0.05, 0) is 78.2 Å². The second kappa shape index (κ2) is 9.02. The van der Waals surface area contributed by atoms with Crippen molar-refractivity contribution in [3.8, 4) is 11.4 Å². The van der Waals surface area contributed by atoms with Gasteiger partial charge in [0.25, 0.3) is 0 Å². The molecule has 6 heterocycles. The monoisotopic (exact) mass is 600 g/mol. The van der Waals surface area contributed by atoms with Crippen LogP contribution in [0.3, 0.4) is 0 Å². The van der Waals surface area contributed by atoms with E-state index in [9.17, 15) is 0 Å². The Labute approximate surface area is 267 Å². The summed E-state index contributed by atoms with van der Waals surface area (Å²) in [6, 6.07) is 45.5. The van der Waals surface area contributed by atoms with Crippen LogP contribution in [0.2, 0.25) is 0 Å². The predicted octanol–water partition coefficient (Wildman–Crippen LogP) is 9.78. The van der Waals surface area contributed by atoms with Gasteiger partial charge in [-0.25, -0.2) is 9.97 Å². The van der Waals surface area contributed by atoms with E-state index in [-0.39, 0.29) is 0 Å². The van der Waals surface area contributed by atoms with E-state index in [0.29, 0.717) is 0 Å². The first-order chi connectivity index (χ1) is 23.3. The predicted molar refractivity (Wildman–Crippen MR) is 192 cm³/mol. The summed E-state index contributed by atoms with van der Waals surface area (Å²) in [6.07, 6.45) is 5.63. The number of rotatable bonds is 2. The minimum atomic E-state index is 0.836. The summed E-state index contributed by atoms with van der Waals surface area (Å²) in [5.41, 5.74) is 10.5. The van der Waals surface area contributed by atoms with Crippen molar-refractivity contribution < 1.29 is 0 Å². The molecule has 218 valence electrons. The van der Waals surface area contributed by atoms with Crippen LogP contribution in [0.1, 0.15) is 0 Å². The molecule has 6 aromatic heterocycles. The van der Waals surface area contributed by atoms with Crippen LogP contribution < -0.4 is 0 Å². The Hall–Kier alpha value is -6.53. The molecule has 0 unspecified atom stereocenters. The molecule has 0 bridgehead atoms. The van der Waals surface area contributed by atoms with Crippen LogP contribution in [0, 0.1) is 0 Å². The van der Waals surface area contributed by atoms with Gasteiger partial charge in [0.15, 0.2) is 5.65 Å². The Morgan fingerprint density at radius 1 is 0.426 bits per heavy atom. The number of aromatic nitrogens is 6. The Bertz CT molecular complexity index is 3060. The fourth-order valence-corrected chi connectivity index (χ4v) is 7.84. The maximum atomic E-state index is 5.16. The average Bonchev–Trinajstić information content (AvgIpc) is 3.79. The standard InChI is InChI=1S/C41H24N6/c1-3-10-25(11-4-1)45-33-16-8-7-14-28(33)38-34(45)17-18-35-39(38)31-22-30-29(23-36(31)46(35)26-12-5-2-6-13-26)27-19-21-42-24-37(27)47-40(30)44-32-15-9-20-43-41(32)47/h1-24H. The van der Waals surface area contributed by atoms with Crippen LogP contribution in [-0.4, -0.2) is 28.5 Å². The normalized spacial score (nSPS) is 12.3. The van der Waals surface area contributed by atoms with Crippen LogP contribution in [0.25, 0.3) is 93.5 Å². The maximum Gasteiger partial charge on any atom is 0.165 e. The van der Waals surface area contributed by atoms with Crippen molar-refractivity contribution in [2.45, 2.75) is 0 Å². The largest absolute Gasteiger partial charge is 0.309 e. The van der Waals surface area contributed by atoms with Gasteiger partial charge in [-0.15, -0.1) is 0 Å². The molecule has 5 aromatic carbocycles. The molecule has 0 radical (unpaired) electrons. The number of para-hydroxylation sites is 3. The van der Waals surface area contributed by atoms with Crippen LogP contribution in [-0.2, 0) is 0 Å². The van der Waals surface area contributed by atoms with E-state index < -0.39 is 0 Å². The van der Waals surface area contributed by atoms with Crippen molar-refractivity contribution in [1.29, 1.82) is 0 Å². The van der Waals surface area contributed by atoms with E-state index in [4.69, 9.17) is 9.97 Å². The molecule has 47 heavy (non-hydrogen) atoms. The number of pyridine rings is 3. The van der Waals surface area contributed by atoms with Gasteiger partial charge >= 0.3 is 0 Å². The lowest BCUT2D eigenvalue weighted by molar-refractivity contribution is 1.17. The number of hydrogen-bond donors (Lipinski definition) is 0. The van der Waals surface area contributed by atoms with Crippen LogP contribution in [0.4, 0.5) is 0 Å². The van der Waals surface area contributed by atoms with E-state index in [0.717, 1.165) is 55.4 Å². The highest BCUT2D eigenvalue weighted by Gasteiger charge is 2.23. The third kappa shape index (κ3) is 3.21. The average molecular weight is 601 g/mol. The summed E-state index contributed by atoms with van der Waals surface area (Å²) in [6.45, 7) is 0. The maximum absolute atomic E-state index is 5.16. The summed E-state index contributed by atoms with van der Waals surface area (Å²) < 4.78 is 6.97. The number of fused-ring (bicyclic) bond motifs is 15. The van der Waals surface area contributed by atoms with Gasteiger partial charge in [-0.2, -0.15) is 0 Å². The first-order valence-corrected chi connectivity index (χ1v) is 15.8. The lowest BCUT2D eigenvalue weighted by Gasteiger charge is -2.11. The second-order valence-corrected chi connectivity index (χ2v) is 12.1. The fraction of sp³-hybridized carbons (Fsp3) is 0. The van der Waals surface area contributed by atoms with E-state index in [1.54, 1.807) is 0 Å². The number of hydrogen-bond acceptors (Lipinski definition) is 3. The highest BCUT2D eigenvalue weighted by molar-refractivity contribution is 6.31. The minimum absolute atomic E-state index is 0.836. The Balaban J connectivity index is 1.42. The summed E-state index contributed by atoms with van der Waals surface area (Å²) in [5, 5.41) is 8.24. The molecule has 0 aliphatic heterocycles. The Kier molecular flexibility index (Phi) is 4.75. The zero-order valence-electron chi connectivity index (χ0n) is 25.0. The molecule has 0 amide bonds. The first kappa shape index (κ1) is 24.8. The highest BCUT2D eigenvalue weighted by atomic mass is 15.1. The molecular formula is C41H24N6. The molecule has 0 N–H and O–H groups in total. The van der Waals surface area contributed by atoms with Crippen molar-refractivity contribution in [2.75, 3.05) is 0 Å². The molecule has 6 heteroatoms. The SMILES string of the molecule is c1ccc(-n2c3ccccc3c3c4c5cc6c(cc5n(-c5ccccc5)c4ccc32)c2ccncc2n2c3ncccc3nc62)cc1. The fourth-order valence-electron chi connectivity index (χ4n) is 7.84.